The summed E-state index contributed by atoms with van der Waals surface area (Å²) in [7, 11) is 0. The highest BCUT2D eigenvalue weighted by atomic mass is 16.5. The predicted molar refractivity (Wildman–Crippen MR) is 122 cm³/mol. The van der Waals surface area contributed by atoms with Crippen LogP contribution in [-0.2, 0) is 25.7 Å². The molecule has 4 rings (SSSR count). The van der Waals surface area contributed by atoms with Crippen molar-refractivity contribution in [3.8, 4) is 0 Å². The van der Waals surface area contributed by atoms with E-state index in [1.165, 1.54) is 4.90 Å². The third-order valence-corrected chi connectivity index (χ3v) is 7.17. The first-order chi connectivity index (χ1) is 15.6. The van der Waals surface area contributed by atoms with Crippen molar-refractivity contribution < 1.29 is 24.2 Å². The summed E-state index contributed by atoms with van der Waals surface area (Å²) in [6.45, 7) is 7.65. The van der Waals surface area contributed by atoms with E-state index in [-0.39, 0.29) is 24.3 Å². The Morgan fingerprint density at radius 1 is 1.24 bits per heavy atom. The fourth-order valence-corrected chi connectivity index (χ4v) is 5.84. The molecule has 0 radical (unpaired) electrons. The Morgan fingerprint density at radius 3 is 2.55 bits per heavy atom. The van der Waals surface area contributed by atoms with Gasteiger partial charge in [-0.2, -0.15) is 0 Å². The van der Waals surface area contributed by atoms with E-state index in [9.17, 15) is 19.5 Å². The Kier molecular flexibility index (Phi) is 6.26. The zero-order chi connectivity index (χ0) is 24.0. The van der Waals surface area contributed by atoms with Crippen LogP contribution in [0.5, 0.6) is 0 Å². The number of hydrogen-bond acceptors (Lipinski definition) is 5. The quantitative estimate of drug-likeness (QED) is 0.573. The number of benzene rings is 1. The largest absolute Gasteiger partial charge is 0.394 e. The van der Waals surface area contributed by atoms with Crippen molar-refractivity contribution >= 4 is 17.7 Å². The van der Waals surface area contributed by atoms with Gasteiger partial charge in [0.2, 0.25) is 17.7 Å². The number of fused-ring (bicyclic) bond motifs is 1. The molecule has 0 saturated carbocycles. The number of aliphatic hydroxyl groups excluding tert-OH is 1. The Balaban J connectivity index is 1.65. The summed E-state index contributed by atoms with van der Waals surface area (Å²) in [5.74, 6) is -2.18. The lowest BCUT2D eigenvalue weighted by atomic mass is 9.70. The minimum absolute atomic E-state index is 0.224. The SMILES string of the molecule is CC[C@@H](CO)N1C(=O)[C@@H]2[C@@H](C(=O)NCc3ccccc3)[C@H]3CCC2(O3)C1C(=O)NC(C)(C)C. The van der Waals surface area contributed by atoms with Gasteiger partial charge in [0.05, 0.1) is 30.6 Å². The van der Waals surface area contributed by atoms with Gasteiger partial charge in [0.25, 0.3) is 0 Å². The lowest BCUT2D eigenvalue weighted by Gasteiger charge is -2.38. The van der Waals surface area contributed by atoms with Gasteiger partial charge in [-0.25, -0.2) is 0 Å². The van der Waals surface area contributed by atoms with Crippen molar-refractivity contribution in [1.82, 2.24) is 15.5 Å². The molecule has 2 bridgehead atoms. The molecule has 3 N–H and O–H groups in total. The van der Waals surface area contributed by atoms with Gasteiger partial charge in [0.15, 0.2) is 0 Å². The van der Waals surface area contributed by atoms with E-state index in [0.29, 0.717) is 25.8 Å². The van der Waals surface area contributed by atoms with E-state index >= 15 is 0 Å². The highest BCUT2D eigenvalue weighted by Crippen LogP contribution is 2.58. The van der Waals surface area contributed by atoms with Crippen LogP contribution in [0.3, 0.4) is 0 Å². The van der Waals surface area contributed by atoms with Gasteiger partial charge in [0, 0.05) is 12.1 Å². The molecule has 1 spiro atoms. The number of ether oxygens (including phenoxy) is 1. The summed E-state index contributed by atoms with van der Waals surface area (Å²) in [6, 6.07) is 8.22. The third kappa shape index (κ3) is 4.04. The lowest BCUT2D eigenvalue weighted by molar-refractivity contribution is -0.146. The van der Waals surface area contributed by atoms with Crippen LogP contribution < -0.4 is 10.6 Å². The van der Waals surface area contributed by atoms with Gasteiger partial charge in [-0.05, 0) is 45.6 Å². The smallest absolute Gasteiger partial charge is 0.246 e. The van der Waals surface area contributed by atoms with Crippen LogP contribution in [0.1, 0.15) is 52.5 Å². The van der Waals surface area contributed by atoms with Crippen molar-refractivity contribution in [2.75, 3.05) is 6.61 Å². The van der Waals surface area contributed by atoms with Gasteiger partial charge in [0.1, 0.15) is 11.6 Å². The van der Waals surface area contributed by atoms with E-state index < -0.39 is 41.2 Å². The minimum Gasteiger partial charge on any atom is -0.394 e. The molecule has 3 amide bonds. The molecule has 3 aliphatic rings. The second kappa shape index (κ2) is 8.72. The molecule has 8 nitrogen and oxygen atoms in total. The number of hydrogen-bond donors (Lipinski definition) is 3. The number of nitrogens with zero attached hydrogens (tertiary/aromatic N) is 1. The number of likely N-dealkylation sites (tertiary alicyclic amines) is 1. The molecule has 2 unspecified atom stereocenters. The molecule has 3 heterocycles. The summed E-state index contributed by atoms with van der Waals surface area (Å²) in [5.41, 5.74) is -0.573. The summed E-state index contributed by atoms with van der Waals surface area (Å²) < 4.78 is 6.39. The molecule has 6 atom stereocenters. The average molecular weight is 458 g/mol. The predicted octanol–water partition coefficient (Wildman–Crippen LogP) is 1.36. The minimum atomic E-state index is -1.05. The lowest BCUT2D eigenvalue weighted by Crippen LogP contribution is -2.60. The topological polar surface area (TPSA) is 108 Å². The van der Waals surface area contributed by atoms with Gasteiger partial charge in [-0.15, -0.1) is 0 Å². The van der Waals surface area contributed by atoms with Gasteiger partial charge in [-0.1, -0.05) is 37.3 Å². The van der Waals surface area contributed by atoms with Crippen LogP contribution in [0.2, 0.25) is 0 Å². The first-order valence-electron chi connectivity index (χ1n) is 11.9. The summed E-state index contributed by atoms with van der Waals surface area (Å²) in [4.78, 5) is 42.1. The maximum atomic E-state index is 13.8. The highest BCUT2D eigenvalue weighted by Gasteiger charge is 2.75. The van der Waals surface area contributed by atoms with Crippen molar-refractivity contribution in [1.29, 1.82) is 0 Å². The second-order valence-corrected chi connectivity index (χ2v) is 10.5. The van der Waals surface area contributed by atoms with E-state index in [0.717, 1.165) is 5.56 Å². The zero-order valence-electron chi connectivity index (χ0n) is 19.8. The van der Waals surface area contributed by atoms with E-state index in [4.69, 9.17) is 4.74 Å². The fraction of sp³-hybridized carbons (Fsp3) is 0.640. The number of rotatable bonds is 7. The number of aliphatic hydroxyl groups is 1. The molecular weight excluding hydrogens is 422 g/mol. The van der Waals surface area contributed by atoms with Crippen LogP contribution >= 0.6 is 0 Å². The summed E-state index contributed by atoms with van der Waals surface area (Å²) >= 11 is 0. The number of carbonyl (C=O) groups excluding carboxylic acids is 3. The first-order valence-corrected chi connectivity index (χ1v) is 11.9. The third-order valence-electron chi connectivity index (χ3n) is 7.17. The highest BCUT2D eigenvalue weighted by molar-refractivity contribution is 5.99. The molecule has 3 fully saturated rings. The van der Waals surface area contributed by atoms with E-state index in [1.807, 2.05) is 58.0 Å². The molecule has 33 heavy (non-hydrogen) atoms. The van der Waals surface area contributed by atoms with Crippen LogP contribution in [0, 0.1) is 11.8 Å². The molecular formula is C25H35N3O5. The maximum absolute atomic E-state index is 13.8. The van der Waals surface area contributed by atoms with Crippen LogP contribution in [0.4, 0.5) is 0 Å². The summed E-state index contributed by atoms with van der Waals surface area (Å²) in [5, 5.41) is 16.0. The molecule has 180 valence electrons. The van der Waals surface area contributed by atoms with Crippen LogP contribution in [0.15, 0.2) is 30.3 Å². The van der Waals surface area contributed by atoms with Gasteiger partial charge >= 0.3 is 0 Å². The van der Waals surface area contributed by atoms with Crippen molar-refractivity contribution in [3.63, 3.8) is 0 Å². The molecule has 0 aliphatic carbocycles. The van der Waals surface area contributed by atoms with E-state index in [2.05, 4.69) is 10.6 Å². The average Bonchev–Trinajstić information content (AvgIpc) is 3.40. The van der Waals surface area contributed by atoms with Crippen LogP contribution in [-0.4, -0.2) is 63.7 Å². The van der Waals surface area contributed by atoms with Gasteiger partial charge < -0.3 is 25.4 Å². The van der Waals surface area contributed by atoms with Gasteiger partial charge in [-0.3, -0.25) is 14.4 Å². The molecule has 1 aromatic rings. The zero-order valence-corrected chi connectivity index (χ0v) is 19.8. The Labute approximate surface area is 195 Å². The molecule has 1 aromatic carbocycles. The second-order valence-electron chi connectivity index (χ2n) is 10.5. The Bertz CT molecular complexity index is 910. The number of nitrogens with one attached hydrogen (secondary N) is 2. The van der Waals surface area contributed by atoms with E-state index in [1.54, 1.807) is 0 Å². The number of amides is 3. The molecule has 0 aromatic heterocycles. The molecule has 3 aliphatic heterocycles. The van der Waals surface area contributed by atoms with Crippen molar-refractivity contribution in [3.05, 3.63) is 35.9 Å². The summed E-state index contributed by atoms with van der Waals surface area (Å²) in [6.07, 6.45) is 1.27. The van der Waals surface area contributed by atoms with Crippen molar-refractivity contribution in [2.45, 2.75) is 82.8 Å². The molecule has 8 heteroatoms. The van der Waals surface area contributed by atoms with Crippen molar-refractivity contribution in [2.24, 2.45) is 11.8 Å². The number of carbonyl (C=O) groups is 3. The molecule has 3 saturated heterocycles. The standard InChI is InChI=1S/C25H35N3O5/c1-5-16(14-29)28-20(22(31)27-24(2,3)4)25-12-11-17(33-25)18(19(25)23(28)32)21(30)26-13-15-9-7-6-8-10-15/h6-10,16-20,29H,5,11-14H2,1-4H3,(H,26,30)(H,27,31)/t16-,17+,18-,19-,20?,25?/m0/s1. The monoisotopic (exact) mass is 457 g/mol. The van der Waals surface area contributed by atoms with Crippen LogP contribution in [0.25, 0.3) is 0 Å². The fourth-order valence-electron chi connectivity index (χ4n) is 5.84. The normalized spacial score (nSPS) is 31.4. The first kappa shape index (κ1) is 23.7. The Hall–Kier alpha value is -2.45. The maximum Gasteiger partial charge on any atom is 0.246 e. The Morgan fingerprint density at radius 2 is 1.94 bits per heavy atom.